The van der Waals surface area contributed by atoms with Crippen LogP contribution in [0.2, 0.25) is 0 Å². The van der Waals surface area contributed by atoms with Crippen LogP contribution in [0.25, 0.3) is 0 Å². The van der Waals surface area contributed by atoms with Gasteiger partial charge in [-0.2, -0.15) is 8.78 Å². The maximum Gasteiger partial charge on any atom is 0.387 e. The van der Waals surface area contributed by atoms with Crippen molar-refractivity contribution in [1.29, 1.82) is 0 Å². The second kappa shape index (κ2) is 5.25. The average molecular weight is 295 g/mol. The molecule has 0 fully saturated rings. The van der Waals surface area contributed by atoms with E-state index in [1.807, 2.05) is 0 Å². The Labute approximate surface area is 99.5 Å². The smallest absolute Gasteiger partial charge is 0.387 e. The first-order chi connectivity index (χ1) is 7.47. The van der Waals surface area contributed by atoms with Crippen LogP contribution in [-0.4, -0.2) is 19.7 Å². The number of esters is 1. The second-order valence-corrected chi connectivity index (χ2v) is 3.77. The van der Waals surface area contributed by atoms with Crippen LogP contribution in [0.5, 0.6) is 5.75 Å². The molecule has 0 aliphatic carbocycles. The van der Waals surface area contributed by atoms with E-state index in [4.69, 9.17) is 0 Å². The summed E-state index contributed by atoms with van der Waals surface area (Å²) in [6.45, 7) is -1.43. The zero-order valence-corrected chi connectivity index (χ0v) is 10.2. The lowest BCUT2D eigenvalue weighted by Gasteiger charge is -2.12. The quantitative estimate of drug-likeness (QED) is 0.804. The van der Waals surface area contributed by atoms with Gasteiger partial charge >= 0.3 is 12.6 Å². The SMILES string of the molecule is COC(=O)c1ccc(Br)c(OC(F)F)c1C. The summed E-state index contributed by atoms with van der Waals surface area (Å²) >= 11 is 3.07. The van der Waals surface area contributed by atoms with Crippen molar-refractivity contribution in [1.82, 2.24) is 0 Å². The molecule has 0 atom stereocenters. The van der Waals surface area contributed by atoms with Crippen LogP contribution in [0.4, 0.5) is 8.78 Å². The number of carbonyl (C=O) groups excluding carboxylic acids is 1. The molecule has 0 aliphatic heterocycles. The van der Waals surface area contributed by atoms with Crippen LogP contribution in [0.15, 0.2) is 16.6 Å². The van der Waals surface area contributed by atoms with Gasteiger partial charge in [-0.1, -0.05) is 0 Å². The summed E-state index contributed by atoms with van der Waals surface area (Å²) in [6.07, 6.45) is 0. The number of carbonyl (C=O) groups is 1. The van der Waals surface area contributed by atoms with Gasteiger partial charge in [-0.25, -0.2) is 4.79 Å². The van der Waals surface area contributed by atoms with Gasteiger partial charge in [-0.05, 0) is 35.0 Å². The third kappa shape index (κ3) is 2.69. The molecule has 1 rings (SSSR count). The Hall–Kier alpha value is -1.17. The molecule has 6 heteroatoms. The summed E-state index contributed by atoms with van der Waals surface area (Å²) in [5, 5.41) is 0. The van der Waals surface area contributed by atoms with Crippen molar-refractivity contribution in [3.8, 4) is 5.75 Å². The maximum atomic E-state index is 12.1. The minimum absolute atomic E-state index is 0.0575. The predicted octanol–water partition coefficient (Wildman–Crippen LogP) is 3.15. The molecule has 0 aliphatic rings. The predicted molar refractivity (Wildman–Crippen MR) is 56.9 cm³/mol. The molecular weight excluding hydrogens is 286 g/mol. The van der Waals surface area contributed by atoms with Crippen LogP contribution < -0.4 is 4.74 Å². The molecule has 88 valence electrons. The third-order valence-electron chi connectivity index (χ3n) is 1.97. The maximum absolute atomic E-state index is 12.1. The number of alkyl halides is 2. The van der Waals surface area contributed by atoms with Crippen LogP contribution in [0.1, 0.15) is 15.9 Å². The topological polar surface area (TPSA) is 35.5 Å². The summed E-state index contributed by atoms with van der Waals surface area (Å²) in [7, 11) is 1.22. The van der Waals surface area contributed by atoms with Crippen molar-refractivity contribution in [2.45, 2.75) is 13.5 Å². The zero-order chi connectivity index (χ0) is 12.3. The van der Waals surface area contributed by atoms with Gasteiger partial charge in [-0.15, -0.1) is 0 Å². The molecule has 0 amide bonds. The Morgan fingerprint density at radius 2 is 2.06 bits per heavy atom. The van der Waals surface area contributed by atoms with Crippen molar-refractivity contribution >= 4 is 21.9 Å². The average Bonchev–Trinajstić information content (AvgIpc) is 2.23. The van der Waals surface area contributed by atoms with E-state index in [0.29, 0.717) is 10.0 Å². The van der Waals surface area contributed by atoms with Crippen molar-refractivity contribution < 1.29 is 23.0 Å². The molecule has 0 unspecified atom stereocenters. The summed E-state index contributed by atoms with van der Waals surface area (Å²) in [4.78, 5) is 11.3. The first-order valence-electron chi connectivity index (χ1n) is 4.29. The Bertz CT molecular complexity index is 407. The molecule has 0 bridgehead atoms. The molecule has 0 radical (unpaired) electrons. The summed E-state index contributed by atoms with van der Waals surface area (Å²) in [6, 6.07) is 2.93. The van der Waals surface area contributed by atoms with Crippen LogP contribution >= 0.6 is 15.9 Å². The fourth-order valence-corrected chi connectivity index (χ4v) is 1.75. The molecule has 3 nitrogen and oxygen atoms in total. The summed E-state index contributed by atoms with van der Waals surface area (Å²) < 4.78 is 33.5. The summed E-state index contributed by atoms with van der Waals surface area (Å²) in [5.74, 6) is -0.651. The van der Waals surface area contributed by atoms with E-state index in [1.165, 1.54) is 26.2 Å². The lowest BCUT2D eigenvalue weighted by atomic mass is 10.1. The van der Waals surface area contributed by atoms with Crippen molar-refractivity contribution in [2.24, 2.45) is 0 Å². The standard InChI is InChI=1S/C10H9BrF2O3/c1-5-6(9(14)15-2)3-4-7(11)8(5)16-10(12)13/h3-4,10H,1-2H3. The van der Waals surface area contributed by atoms with Gasteiger partial charge in [0.25, 0.3) is 0 Å². The first kappa shape index (κ1) is 12.9. The molecule has 1 aromatic rings. The minimum Gasteiger partial charge on any atom is -0.465 e. The summed E-state index contributed by atoms with van der Waals surface area (Å²) in [5.41, 5.74) is 0.503. The molecular formula is C10H9BrF2O3. The van der Waals surface area contributed by atoms with Gasteiger partial charge in [0.05, 0.1) is 17.1 Å². The fourth-order valence-electron chi connectivity index (χ4n) is 1.22. The van der Waals surface area contributed by atoms with Crippen molar-refractivity contribution in [3.63, 3.8) is 0 Å². The van der Waals surface area contributed by atoms with E-state index in [-0.39, 0.29) is 11.3 Å². The number of methoxy groups -OCH3 is 1. The highest BCUT2D eigenvalue weighted by Gasteiger charge is 2.18. The van der Waals surface area contributed by atoms with Gasteiger partial charge in [0.1, 0.15) is 5.75 Å². The number of hydrogen-bond donors (Lipinski definition) is 0. The lowest BCUT2D eigenvalue weighted by molar-refractivity contribution is -0.0508. The molecule has 0 N–H and O–H groups in total. The zero-order valence-electron chi connectivity index (χ0n) is 8.59. The number of rotatable bonds is 3. The van der Waals surface area contributed by atoms with E-state index in [9.17, 15) is 13.6 Å². The number of hydrogen-bond acceptors (Lipinski definition) is 3. The fraction of sp³-hybridized carbons (Fsp3) is 0.300. The van der Waals surface area contributed by atoms with Gasteiger partial charge < -0.3 is 9.47 Å². The highest BCUT2D eigenvalue weighted by molar-refractivity contribution is 9.10. The van der Waals surface area contributed by atoms with Crippen LogP contribution in [-0.2, 0) is 4.74 Å². The van der Waals surface area contributed by atoms with Gasteiger partial charge in [0.2, 0.25) is 0 Å². The molecule has 0 saturated heterocycles. The molecule has 16 heavy (non-hydrogen) atoms. The van der Waals surface area contributed by atoms with Crippen LogP contribution in [0.3, 0.4) is 0 Å². The molecule has 0 spiro atoms. The van der Waals surface area contributed by atoms with Crippen molar-refractivity contribution in [2.75, 3.05) is 7.11 Å². The Kier molecular flexibility index (Phi) is 4.23. The second-order valence-electron chi connectivity index (χ2n) is 2.92. The van der Waals surface area contributed by atoms with E-state index >= 15 is 0 Å². The highest BCUT2D eigenvalue weighted by atomic mass is 79.9. The largest absolute Gasteiger partial charge is 0.465 e. The number of benzene rings is 1. The van der Waals surface area contributed by atoms with E-state index in [2.05, 4.69) is 25.4 Å². The number of halogens is 3. The number of ether oxygens (including phenoxy) is 2. The van der Waals surface area contributed by atoms with E-state index in [1.54, 1.807) is 0 Å². The molecule has 0 saturated carbocycles. The van der Waals surface area contributed by atoms with E-state index < -0.39 is 12.6 Å². The Morgan fingerprint density at radius 1 is 1.44 bits per heavy atom. The van der Waals surface area contributed by atoms with E-state index in [0.717, 1.165) is 0 Å². The molecule has 1 aromatic carbocycles. The Balaban J connectivity index is 3.21. The van der Waals surface area contributed by atoms with Gasteiger partial charge in [0.15, 0.2) is 0 Å². The highest BCUT2D eigenvalue weighted by Crippen LogP contribution is 2.32. The minimum atomic E-state index is -2.94. The van der Waals surface area contributed by atoms with Gasteiger partial charge in [-0.3, -0.25) is 0 Å². The first-order valence-corrected chi connectivity index (χ1v) is 5.09. The monoisotopic (exact) mass is 294 g/mol. The molecule has 0 aromatic heterocycles. The Morgan fingerprint density at radius 3 is 2.56 bits per heavy atom. The third-order valence-corrected chi connectivity index (χ3v) is 2.59. The van der Waals surface area contributed by atoms with Gasteiger partial charge in [0, 0.05) is 5.56 Å². The van der Waals surface area contributed by atoms with Crippen molar-refractivity contribution in [3.05, 3.63) is 27.7 Å². The lowest BCUT2D eigenvalue weighted by Crippen LogP contribution is -2.09. The normalized spacial score (nSPS) is 10.4. The molecule has 0 heterocycles. The van der Waals surface area contributed by atoms with Crippen LogP contribution in [0, 0.1) is 6.92 Å².